The van der Waals surface area contributed by atoms with E-state index in [0.717, 1.165) is 5.56 Å². The maximum absolute atomic E-state index is 12.9. The lowest BCUT2D eigenvalue weighted by molar-refractivity contribution is -0.334. The minimum absolute atomic E-state index is 0.00749. The van der Waals surface area contributed by atoms with Crippen LogP contribution < -0.4 is 10.4 Å². The lowest BCUT2D eigenvalue weighted by Crippen LogP contribution is -2.64. The van der Waals surface area contributed by atoms with Gasteiger partial charge in [-0.25, -0.2) is 4.79 Å². The Bertz CT molecular complexity index is 999. The first-order valence-electron chi connectivity index (χ1n) is 9.25. The van der Waals surface area contributed by atoms with Gasteiger partial charge in [-0.3, -0.25) is 4.79 Å². The Morgan fingerprint density at radius 1 is 1.21 bits per heavy atom. The predicted molar refractivity (Wildman–Crippen MR) is 95.9 cm³/mol. The summed E-state index contributed by atoms with van der Waals surface area (Å²) in [6.07, 6.45) is 0.175. The number of fused-ring (bicyclic) bond motifs is 2. The van der Waals surface area contributed by atoms with Crippen molar-refractivity contribution in [3.63, 3.8) is 0 Å². The Labute approximate surface area is 160 Å². The zero-order valence-electron chi connectivity index (χ0n) is 15.3. The zero-order valence-corrected chi connectivity index (χ0v) is 15.3. The molecule has 1 aromatic heterocycles. The van der Waals surface area contributed by atoms with E-state index in [1.54, 1.807) is 6.07 Å². The van der Waals surface area contributed by atoms with Gasteiger partial charge in [0.25, 0.3) is 0 Å². The molecule has 3 bridgehead atoms. The van der Waals surface area contributed by atoms with E-state index in [1.165, 1.54) is 13.2 Å². The molecular weight excluding hydrogens is 364 g/mol. The number of Topliss-reactive ketones (excluding diaryl/α,β-unsaturated/α-hetero) is 1. The maximum atomic E-state index is 12.9. The number of ketones is 1. The van der Waals surface area contributed by atoms with Crippen LogP contribution in [0.25, 0.3) is 0 Å². The summed E-state index contributed by atoms with van der Waals surface area (Å²) in [7, 11) is 1.46. The molecule has 0 spiro atoms. The smallest absolute Gasteiger partial charge is 0.339 e. The first-order valence-corrected chi connectivity index (χ1v) is 9.25. The molecule has 28 heavy (non-hydrogen) atoms. The van der Waals surface area contributed by atoms with Gasteiger partial charge >= 0.3 is 5.63 Å². The van der Waals surface area contributed by atoms with Crippen LogP contribution in [-0.2, 0) is 26.5 Å². The number of rotatable bonds is 4. The normalized spacial score (nSPS) is 35.9. The molecule has 146 valence electrons. The van der Waals surface area contributed by atoms with Gasteiger partial charge in [-0.05, 0) is 0 Å². The fourth-order valence-corrected chi connectivity index (χ4v) is 4.90. The van der Waals surface area contributed by atoms with Gasteiger partial charge in [-0.1, -0.05) is 30.3 Å². The fraction of sp³-hybridized carbons (Fsp3) is 0.429. The number of benzene rings is 1. The highest BCUT2D eigenvalue weighted by Gasteiger charge is 2.75. The summed E-state index contributed by atoms with van der Waals surface area (Å²) < 4.78 is 23.0. The molecule has 1 aromatic carbocycles. The monoisotopic (exact) mass is 384 g/mol. The third-order valence-corrected chi connectivity index (χ3v) is 6.10. The average molecular weight is 384 g/mol. The third-order valence-electron chi connectivity index (χ3n) is 6.10. The molecule has 2 saturated heterocycles. The van der Waals surface area contributed by atoms with Gasteiger partial charge in [0.1, 0.15) is 17.1 Å². The van der Waals surface area contributed by atoms with Crippen LogP contribution in [0.2, 0.25) is 0 Å². The molecule has 1 N–H and O–H groups in total. The Kier molecular flexibility index (Phi) is 3.62. The van der Waals surface area contributed by atoms with Crippen molar-refractivity contribution < 1.29 is 28.5 Å². The fourth-order valence-electron chi connectivity index (χ4n) is 4.90. The topological polar surface area (TPSA) is 95.2 Å². The van der Waals surface area contributed by atoms with Crippen LogP contribution in [0.4, 0.5) is 0 Å². The second kappa shape index (κ2) is 5.76. The number of ether oxygens (including phenoxy) is 3. The van der Waals surface area contributed by atoms with Crippen molar-refractivity contribution in [2.45, 2.75) is 48.8 Å². The molecule has 1 saturated carbocycles. The van der Waals surface area contributed by atoms with Crippen LogP contribution in [0.1, 0.15) is 30.6 Å². The van der Waals surface area contributed by atoms with Crippen LogP contribution in [0, 0.1) is 0 Å². The lowest BCUT2D eigenvalue weighted by atomic mass is 9.68. The highest BCUT2D eigenvalue weighted by atomic mass is 16.7. The molecular formula is C21H20O7. The van der Waals surface area contributed by atoms with Crippen LogP contribution in [-0.4, -0.2) is 35.3 Å². The number of carbonyl (C=O) groups is 1. The summed E-state index contributed by atoms with van der Waals surface area (Å²) in [5, 5.41) is 11.5. The molecule has 2 unspecified atom stereocenters. The van der Waals surface area contributed by atoms with Crippen molar-refractivity contribution >= 4 is 5.78 Å². The summed E-state index contributed by atoms with van der Waals surface area (Å²) >= 11 is 0. The molecule has 1 aliphatic carbocycles. The lowest BCUT2D eigenvalue weighted by Gasteiger charge is -2.49. The standard InChI is InChI=1S/C21H20O7/c1-25-14-7-15(26-18(23)9-14)10-19-11-16-8-17(22)20(19,24)12-21(27-16,28-19)13-5-3-2-4-6-13/h2-7,9,16,24H,8,10-12H2,1H3/t16?,19-,20-,21?/m0/s1. The van der Waals surface area contributed by atoms with Gasteiger partial charge < -0.3 is 23.7 Å². The van der Waals surface area contributed by atoms with Crippen LogP contribution in [0.15, 0.2) is 51.7 Å². The van der Waals surface area contributed by atoms with Crippen molar-refractivity contribution in [3.8, 4) is 5.75 Å². The van der Waals surface area contributed by atoms with Gasteiger partial charge in [0, 0.05) is 37.3 Å². The quantitative estimate of drug-likeness (QED) is 0.857. The van der Waals surface area contributed by atoms with Gasteiger partial charge in [0.2, 0.25) is 0 Å². The van der Waals surface area contributed by atoms with Crippen LogP contribution in [0.3, 0.4) is 0 Å². The molecule has 3 fully saturated rings. The number of hydrogen-bond donors (Lipinski definition) is 1. The number of hydrogen-bond acceptors (Lipinski definition) is 7. The summed E-state index contributed by atoms with van der Waals surface area (Å²) in [5.41, 5.74) is -2.77. The molecule has 2 aliphatic heterocycles. The Hall–Kier alpha value is -2.48. The SMILES string of the molecule is COc1cc(C[C@]23CC4CC(=O)[C@@]2(O)CC(c2ccccc2)(O4)O3)oc(=O)c1. The molecule has 0 radical (unpaired) electrons. The molecule has 7 heteroatoms. The third kappa shape index (κ3) is 2.33. The van der Waals surface area contributed by atoms with Crippen molar-refractivity contribution in [2.24, 2.45) is 0 Å². The Morgan fingerprint density at radius 3 is 2.75 bits per heavy atom. The highest BCUT2D eigenvalue weighted by molar-refractivity contribution is 5.91. The van der Waals surface area contributed by atoms with E-state index in [-0.39, 0.29) is 31.1 Å². The molecule has 5 rings (SSSR count). The van der Waals surface area contributed by atoms with Crippen molar-refractivity contribution in [2.75, 3.05) is 7.11 Å². The van der Waals surface area contributed by atoms with E-state index in [2.05, 4.69) is 0 Å². The van der Waals surface area contributed by atoms with E-state index >= 15 is 0 Å². The van der Waals surface area contributed by atoms with E-state index in [0.29, 0.717) is 17.9 Å². The minimum atomic E-state index is -1.72. The molecule has 3 aliphatic rings. The zero-order chi connectivity index (χ0) is 19.6. The second-order valence-electron chi connectivity index (χ2n) is 7.78. The van der Waals surface area contributed by atoms with E-state index in [1.807, 2.05) is 30.3 Å². The maximum Gasteiger partial charge on any atom is 0.339 e. The van der Waals surface area contributed by atoms with Gasteiger partial charge in [0.05, 0.1) is 19.3 Å². The molecule has 0 amide bonds. The molecule has 3 heterocycles. The summed E-state index contributed by atoms with van der Waals surface area (Å²) in [5.74, 6) is -0.860. The predicted octanol–water partition coefficient (Wildman–Crippen LogP) is 1.70. The van der Waals surface area contributed by atoms with Gasteiger partial charge in [-0.15, -0.1) is 0 Å². The number of aliphatic hydroxyl groups is 1. The summed E-state index contributed by atoms with van der Waals surface area (Å²) in [4.78, 5) is 24.7. The Balaban J connectivity index is 1.62. The Morgan fingerprint density at radius 2 is 2.00 bits per heavy atom. The van der Waals surface area contributed by atoms with Gasteiger partial charge in [0.15, 0.2) is 17.2 Å². The second-order valence-corrected chi connectivity index (χ2v) is 7.78. The largest absolute Gasteiger partial charge is 0.496 e. The van der Waals surface area contributed by atoms with Crippen LogP contribution in [0.5, 0.6) is 5.75 Å². The van der Waals surface area contributed by atoms with Crippen molar-refractivity contribution in [3.05, 3.63) is 64.2 Å². The average Bonchev–Trinajstić information content (AvgIpc) is 2.80. The van der Waals surface area contributed by atoms with E-state index in [4.69, 9.17) is 18.6 Å². The van der Waals surface area contributed by atoms with E-state index < -0.39 is 22.6 Å². The van der Waals surface area contributed by atoms with Gasteiger partial charge in [-0.2, -0.15) is 0 Å². The number of methoxy groups -OCH3 is 1. The summed E-state index contributed by atoms with van der Waals surface area (Å²) in [6.45, 7) is 0. The molecule has 4 atom stereocenters. The number of carbonyl (C=O) groups excluding carboxylic acids is 1. The van der Waals surface area contributed by atoms with Crippen LogP contribution >= 0.6 is 0 Å². The highest BCUT2D eigenvalue weighted by Crippen LogP contribution is 2.61. The first-order chi connectivity index (χ1) is 13.4. The minimum Gasteiger partial charge on any atom is -0.496 e. The molecule has 2 aromatic rings. The van der Waals surface area contributed by atoms with Crippen molar-refractivity contribution in [1.82, 2.24) is 0 Å². The van der Waals surface area contributed by atoms with E-state index in [9.17, 15) is 14.7 Å². The first kappa shape index (κ1) is 17.6. The van der Waals surface area contributed by atoms with Crippen molar-refractivity contribution in [1.29, 1.82) is 0 Å². The summed E-state index contributed by atoms with van der Waals surface area (Å²) in [6, 6.07) is 12.1. The molecule has 7 nitrogen and oxygen atoms in total.